The van der Waals surface area contributed by atoms with Gasteiger partial charge in [-0.2, -0.15) is 0 Å². The average molecular weight is 356 g/mol. The van der Waals surface area contributed by atoms with E-state index in [9.17, 15) is 9.59 Å². The van der Waals surface area contributed by atoms with E-state index in [0.717, 1.165) is 5.01 Å². The SMILES string of the molecule is O=C(O)C1=CSC2/C(=C\c3c[nH]c(-c4nccs4)n3)C(=O)N12.[NaH]. The third-order valence-electron chi connectivity index (χ3n) is 3.29. The molecule has 112 valence electrons. The van der Waals surface area contributed by atoms with E-state index in [0.29, 0.717) is 17.1 Å². The van der Waals surface area contributed by atoms with Crippen LogP contribution in [0.2, 0.25) is 0 Å². The van der Waals surface area contributed by atoms with Crippen molar-refractivity contribution in [3.8, 4) is 10.8 Å². The number of imidazole rings is 1. The third kappa shape index (κ3) is 2.68. The van der Waals surface area contributed by atoms with Gasteiger partial charge in [0.2, 0.25) is 0 Å². The number of aromatic amines is 1. The van der Waals surface area contributed by atoms with Gasteiger partial charge >= 0.3 is 35.5 Å². The number of nitrogens with one attached hydrogen (secondary N) is 1. The van der Waals surface area contributed by atoms with Crippen LogP contribution in [0.3, 0.4) is 0 Å². The molecule has 0 saturated carbocycles. The topological polar surface area (TPSA) is 99.2 Å². The van der Waals surface area contributed by atoms with Crippen LogP contribution in [-0.2, 0) is 9.59 Å². The normalized spacial score (nSPS) is 20.8. The quantitative estimate of drug-likeness (QED) is 0.486. The predicted octanol–water partition coefficient (Wildman–Crippen LogP) is 1.11. The van der Waals surface area contributed by atoms with E-state index in [1.54, 1.807) is 18.5 Å². The summed E-state index contributed by atoms with van der Waals surface area (Å²) in [5.41, 5.74) is 1.20. The van der Waals surface area contributed by atoms with E-state index in [4.69, 9.17) is 5.11 Å². The number of carbonyl (C=O) groups is 2. The van der Waals surface area contributed by atoms with Crippen molar-refractivity contribution < 1.29 is 14.7 Å². The van der Waals surface area contributed by atoms with Crippen molar-refractivity contribution in [2.45, 2.75) is 5.37 Å². The fourth-order valence-corrected chi connectivity index (χ4v) is 3.99. The molecule has 0 bridgehead atoms. The summed E-state index contributed by atoms with van der Waals surface area (Å²) in [7, 11) is 0. The summed E-state index contributed by atoms with van der Waals surface area (Å²) in [6.45, 7) is 0. The molecule has 1 fully saturated rings. The van der Waals surface area contributed by atoms with Crippen LogP contribution in [0, 0.1) is 0 Å². The summed E-state index contributed by atoms with van der Waals surface area (Å²) in [5, 5.41) is 12.9. The van der Waals surface area contributed by atoms with Crippen LogP contribution in [-0.4, -0.2) is 71.8 Å². The van der Waals surface area contributed by atoms with Gasteiger partial charge in [0, 0.05) is 23.2 Å². The van der Waals surface area contributed by atoms with E-state index in [2.05, 4.69) is 15.0 Å². The summed E-state index contributed by atoms with van der Waals surface area (Å²) in [5.74, 6) is -0.732. The molecule has 0 spiro atoms. The molecule has 1 unspecified atom stereocenters. The molecule has 10 heteroatoms. The van der Waals surface area contributed by atoms with Gasteiger partial charge in [-0.1, -0.05) is 0 Å². The Labute approximate surface area is 160 Å². The number of rotatable bonds is 3. The molecular weight excluding hydrogens is 347 g/mol. The van der Waals surface area contributed by atoms with Crippen LogP contribution in [0.4, 0.5) is 0 Å². The van der Waals surface area contributed by atoms with Gasteiger partial charge < -0.3 is 10.1 Å². The number of thiazole rings is 1. The number of hydrogen-bond acceptors (Lipinski definition) is 6. The van der Waals surface area contributed by atoms with Gasteiger partial charge in [-0.3, -0.25) is 9.69 Å². The number of carbonyl (C=O) groups excluding carboxylic acids is 1. The van der Waals surface area contributed by atoms with Crippen LogP contribution < -0.4 is 0 Å². The number of carboxylic acid groups (broad SMARTS) is 1. The molecule has 1 saturated heterocycles. The zero-order valence-corrected chi connectivity index (χ0v) is 12.5. The van der Waals surface area contributed by atoms with E-state index in [1.165, 1.54) is 33.4 Å². The average Bonchev–Trinajstić information content (AvgIpc) is 3.22. The second-order valence-corrected chi connectivity index (χ2v) is 6.43. The van der Waals surface area contributed by atoms with Crippen molar-refractivity contribution in [1.29, 1.82) is 0 Å². The molecular formula is C13H9N4NaO3S2. The van der Waals surface area contributed by atoms with Gasteiger partial charge in [0.15, 0.2) is 10.8 Å². The number of β-lactam (4-membered cyclic amide) rings is 1. The van der Waals surface area contributed by atoms with Crippen molar-refractivity contribution in [2.24, 2.45) is 0 Å². The maximum absolute atomic E-state index is 12.1. The molecule has 2 aliphatic rings. The first-order valence-electron chi connectivity index (χ1n) is 6.24. The van der Waals surface area contributed by atoms with Gasteiger partial charge in [0.05, 0.1) is 11.3 Å². The molecule has 23 heavy (non-hydrogen) atoms. The second-order valence-electron chi connectivity index (χ2n) is 4.58. The van der Waals surface area contributed by atoms with Crippen molar-refractivity contribution in [3.63, 3.8) is 0 Å². The Morgan fingerprint density at radius 3 is 3.00 bits per heavy atom. The van der Waals surface area contributed by atoms with Crippen molar-refractivity contribution in [1.82, 2.24) is 19.9 Å². The Balaban J connectivity index is 0.00000156. The van der Waals surface area contributed by atoms with Crippen molar-refractivity contribution in [2.75, 3.05) is 0 Å². The third-order valence-corrected chi connectivity index (χ3v) is 5.15. The summed E-state index contributed by atoms with van der Waals surface area (Å²) in [6, 6.07) is 0. The molecule has 2 aliphatic heterocycles. The first kappa shape index (κ1) is 16.5. The minimum atomic E-state index is -1.09. The number of nitrogens with zero attached hydrogens (tertiary/aromatic N) is 3. The number of hydrogen-bond donors (Lipinski definition) is 2. The number of fused-ring (bicyclic) bond motifs is 1. The zero-order chi connectivity index (χ0) is 15.3. The zero-order valence-electron chi connectivity index (χ0n) is 10.9. The second kappa shape index (κ2) is 6.25. The number of carboxylic acids is 1. The van der Waals surface area contributed by atoms with Crippen LogP contribution >= 0.6 is 23.1 Å². The molecule has 0 radical (unpaired) electrons. The fraction of sp³-hybridized carbons (Fsp3) is 0.0769. The monoisotopic (exact) mass is 356 g/mol. The maximum atomic E-state index is 12.1. The summed E-state index contributed by atoms with van der Waals surface area (Å²) in [6.07, 6.45) is 5.08. The van der Waals surface area contributed by atoms with Crippen LogP contribution in [0.25, 0.3) is 16.9 Å². The van der Waals surface area contributed by atoms with Crippen LogP contribution in [0.1, 0.15) is 5.69 Å². The molecule has 7 nitrogen and oxygen atoms in total. The van der Waals surface area contributed by atoms with Gasteiger partial charge in [0.1, 0.15) is 11.1 Å². The molecule has 2 aromatic heterocycles. The van der Waals surface area contributed by atoms with Crippen molar-refractivity contribution in [3.05, 3.63) is 40.1 Å². The Kier molecular flexibility index (Phi) is 4.47. The molecule has 0 aromatic carbocycles. The molecule has 1 atom stereocenters. The van der Waals surface area contributed by atoms with E-state index >= 15 is 0 Å². The van der Waals surface area contributed by atoms with Gasteiger partial charge in [-0.15, -0.1) is 23.1 Å². The number of H-pyrrole nitrogens is 1. The van der Waals surface area contributed by atoms with Crippen LogP contribution in [0.15, 0.2) is 34.5 Å². The molecule has 2 N–H and O–H groups in total. The Morgan fingerprint density at radius 1 is 1.48 bits per heavy atom. The number of aliphatic carboxylic acids is 1. The molecule has 1 amide bonds. The van der Waals surface area contributed by atoms with Crippen LogP contribution in [0.5, 0.6) is 0 Å². The number of amides is 1. The summed E-state index contributed by atoms with van der Waals surface area (Å²) >= 11 is 2.78. The predicted molar refractivity (Wildman–Crippen MR) is 88.8 cm³/mol. The van der Waals surface area contributed by atoms with E-state index < -0.39 is 5.97 Å². The molecule has 0 aliphatic carbocycles. The summed E-state index contributed by atoms with van der Waals surface area (Å²) in [4.78, 5) is 36.0. The van der Waals surface area contributed by atoms with Crippen molar-refractivity contribution >= 4 is 70.6 Å². The Morgan fingerprint density at radius 2 is 2.30 bits per heavy atom. The fourth-order valence-electron chi connectivity index (χ4n) is 2.29. The Hall–Kier alpha value is -1.39. The minimum absolute atomic E-state index is 0. The van der Waals surface area contributed by atoms with E-state index in [-0.39, 0.29) is 46.5 Å². The van der Waals surface area contributed by atoms with Gasteiger partial charge in [-0.25, -0.2) is 14.8 Å². The van der Waals surface area contributed by atoms with E-state index in [1.807, 2.05) is 5.38 Å². The Bertz CT molecular complexity index is 843. The number of aromatic nitrogens is 3. The first-order valence-corrected chi connectivity index (χ1v) is 8.07. The standard InChI is InChI=1S/C13H8N4O3S2.Na.H/c18-11-7(12-17(11)8(5-22-12)13(19)20)3-6-4-15-9(16-6)10-14-1-2-21-10;;/h1-5,12H,(H,15,16)(H,19,20);;/b7-3-;;. The summed E-state index contributed by atoms with van der Waals surface area (Å²) < 4.78 is 0. The van der Waals surface area contributed by atoms with Gasteiger partial charge in [-0.05, 0) is 6.08 Å². The molecule has 4 rings (SSSR count). The van der Waals surface area contributed by atoms with Gasteiger partial charge in [0.25, 0.3) is 5.91 Å². The number of thioether (sulfide) groups is 1. The molecule has 2 aromatic rings. The molecule has 4 heterocycles. The first-order chi connectivity index (χ1) is 10.6.